The molecule has 0 amide bonds. The molecule has 7 nitrogen and oxygen atoms in total. The Hall–Kier alpha value is -2.06. The molecular formula is C23H33NO6. The minimum Gasteiger partial charge on any atom is -0.467 e. The van der Waals surface area contributed by atoms with E-state index >= 15 is 0 Å². The number of benzene rings is 1. The van der Waals surface area contributed by atoms with Gasteiger partial charge in [-0.2, -0.15) is 0 Å². The number of nitrogens with one attached hydrogen (secondary N) is 1. The Kier molecular flexibility index (Phi) is 8.16. The summed E-state index contributed by atoms with van der Waals surface area (Å²) >= 11 is 0. The maximum absolute atomic E-state index is 9.34. The number of ether oxygens (including phenoxy) is 5. The molecule has 0 aromatic heterocycles. The Labute approximate surface area is 178 Å². The van der Waals surface area contributed by atoms with Crippen molar-refractivity contribution in [1.29, 1.82) is 0 Å². The highest BCUT2D eigenvalue weighted by Crippen LogP contribution is 2.35. The molecule has 1 aromatic carbocycles. The molecule has 0 aliphatic carbocycles. The van der Waals surface area contributed by atoms with Gasteiger partial charge in [0.1, 0.15) is 5.70 Å². The highest BCUT2D eigenvalue weighted by molar-refractivity contribution is 5.14. The zero-order chi connectivity index (χ0) is 21.5. The fourth-order valence-electron chi connectivity index (χ4n) is 4.03. The number of hydrogen-bond donors (Lipinski definition) is 2. The summed E-state index contributed by atoms with van der Waals surface area (Å²) in [6, 6.07) is 10.2. The molecule has 166 valence electrons. The zero-order valence-electron chi connectivity index (χ0n) is 18.1. The number of aliphatic hydroxyl groups is 1. The van der Waals surface area contributed by atoms with Crippen LogP contribution in [0, 0.1) is 11.8 Å². The highest BCUT2D eigenvalue weighted by atomic mass is 16.7. The first-order valence-electron chi connectivity index (χ1n) is 10.4. The third-order valence-corrected chi connectivity index (χ3v) is 5.70. The quantitative estimate of drug-likeness (QED) is 0.596. The van der Waals surface area contributed by atoms with Gasteiger partial charge in [-0.15, -0.1) is 0 Å². The monoisotopic (exact) mass is 419 g/mol. The van der Waals surface area contributed by atoms with Gasteiger partial charge in [-0.05, 0) is 18.1 Å². The van der Waals surface area contributed by atoms with E-state index in [1.54, 1.807) is 7.11 Å². The number of aliphatic hydroxyl groups excluding tert-OH is 1. The van der Waals surface area contributed by atoms with Crippen LogP contribution in [0.3, 0.4) is 0 Å². The van der Waals surface area contributed by atoms with Crippen molar-refractivity contribution in [2.75, 3.05) is 20.8 Å². The number of rotatable bonds is 9. The summed E-state index contributed by atoms with van der Waals surface area (Å²) in [5.74, 6) is 0.629. The summed E-state index contributed by atoms with van der Waals surface area (Å²) in [6.45, 7) is 4.67. The maximum atomic E-state index is 9.34. The minimum atomic E-state index is -0.372. The van der Waals surface area contributed by atoms with Crippen LogP contribution in [0.25, 0.3) is 0 Å². The topological polar surface area (TPSA) is 78.4 Å². The van der Waals surface area contributed by atoms with Crippen LogP contribution < -0.4 is 5.32 Å². The van der Waals surface area contributed by atoms with Gasteiger partial charge in [0.25, 0.3) is 0 Å². The molecule has 1 fully saturated rings. The lowest BCUT2D eigenvalue weighted by Crippen LogP contribution is -2.50. The van der Waals surface area contributed by atoms with Crippen molar-refractivity contribution in [1.82, 2.24) is 5.32 Å². The molecule has 30 heavy (non-hydrogen) atoms. The van der Waals surface area contributed by atoms with Gasteiger partial charge in [-0.1, -0.05) is 50.3 Å². The lowest BCUT2D eigenvalue weighted by molar-refractivity contribution is -0.261. The largest absolute Gasteiger partial charge is 0.467 e. The van der Waals surface area contributed by atoms with E-state index in [1.165, 1.54) is 7.11 Å². The zero-order valence-corrected chi connectivity index (χ0v) is 18.1. The van der Waals surface area contributed by atoms with Crippen LogP contribution in [0.15, 0.2) is 54.1 Å². The summed E-state index contributed by atoms with van der Waals surface area (Å²) in [6.07, 6.45) is 3.90. The van der Waals surface area contributed by atoms with E-state index in [4.69, 9.17) is 23.7 Å². The fourth-order valence-corrected chi connectivity index (χ4v) is 4.03. The van der Waals surface area contributed by atoms with Crippen LogP contribution >= 0.6 is 0 Å². The average molecular weight is 420 g/mol. The molecule has 2 aliphatic heterocycles. The first kappa shape index (κ1) is 22.6. The molecule has 0 spiro atoms. The second-order valence-corrected chi connectivity index (χ2v) is 7.73. The Balaban J connectivity index is 1.58. The van der Waals surface area contributed by atoms with Crippen LogP contribution in [-0.2, 0) is 30.3 Å². The first-order valence-corrected chi connectivity index (χ1v) is 10.4. The molecule has 2 heterocycles. The third-order valence-electron chi connectivity index (χ3n) is 5.70. The Morgan fingerprint density at radius 3 is 2.53 bits per heavy atom. The van der Waals surface area contributed by atoms with Crippen molar-refractivity contribution in [3.63, 3.8) is 0 Å². The van der Waals surface area contributed by atoms with Crippen molar-refractivity contribution in [3.05, 3.63) is 59.7 Å². The Morgan fingerprint density at radius 2 is 1.90 bits per heavy atom. The van der Waals surface area contributed by atoms with Crippen molar-refractivity contribution in [3.8, 4) is 0 Å². The van der Waals surface area contributed by atoms with Gasteiger partial charge < -0.3 is 34.1 Å². The number of methoxy groups -OCH3 is 2. The minimum absolute atomic E-state index is 0.0194. The van der Waals surface area contributed by atoms with E-state index < -0.39 is 0 Å². The van der Waals surface area contributed by atoms with Crippen LogP contribution in [0.4, 0.5) is 0 Å². The normalized spacial score (nSPS) is 31.6. The van der Waals surface area contributed by atoms with Crippen molar-refractivity contribution >= 4 is 0 Å². The molecule has 1 unspecified atom stereocenters. The standard InChI is InChI=1S/C23H33NO6/c1-15-19(11-8-12-20-24-18(13-25)23(27-4)30-20)29-22(26-3)16(2)21(15)28-14-17-9-6-5-7-10-17/h5-10,12,15-16,19-22,24-25H,11,13-14H2,1-4H3/b12-8+/t15-,16+,19+,20?,21-,22-/m0/s1. The molecule has 6 atom stereocenters. The highest BCUT2D eigenvalue weighted by Gasteiger charge is 2.42. The van der Waals surface area contributed by atoms with Gasteiger partial charge >= 0.3 is 5.95 Å². The molecular weight excluding hydrogens is 386 g/mol. The number of hydrogen-bond acceptors (Lipinski definition) is 7. The molecule has 3 rings (SSSR count). The van der Waals surface area contributed by atoms with E-state index in [1.807, 2.05) is 30.4 Å². The molecule has 0 saturated carbocycles. The average Bonchev–Trinajstić information content (AvgIpc) is 3.18. The summed E-state index contributed by atoms with van der Waals surface area (Å²) in [4.78, 5) is 0. The predicted molar refractivity (Wildman–Crippen MR) is 112 cm³/mol. The van der Waals surface area contributed by atoms with Crippen LogP contribution in [0.2, 0.25) is 0 Å². The summed E-state index contributed by atoms with van der Waals surface area (Å²) < 4.78 is 28.8. The Bertz CT molecular complexity index is 706. The summed E-state index contributed by atoms with van der Waals surface area (Å²) in [5, 5.41) is 12.4. The van der Waals surface area contributed by atoms with Gasteiger partial charge in [0.2, 0.25) is 0 Å². The van der Waals surface area contributed by atoms with Crippen molar-refractivity contribution in [2.24, 2.45) is 11.8 Å². The summed E-state index contributed by atoms with van der Waals surface area (Å²) in [5.41, 5.74) is 1.69. The van der Waals surface area contributed by atoms with Gasteiger partial charge in [0, 0.05) is 18.9 Å². The molecule has 0 bridgehead atoms. The summed E-state index contributed by atoms with van der Waals surface area (Å²) in [7, 11) is 3.18. The molecule has 2 aliphatic rings. The van der Waals surface area contributed by atoms with E-state index in [-0.39, 0.29) is 43.2 Å². The lowest BCUT2D eigenvalue weighted by Gasteiger charge is -2.43. The third kappa shape index (κ3) is 5.35. The van der Waals surface area contributed by atoms with E-state index in [9.17, 15) is 5.11 Å². The van der Waals surface area contributed by atoms with E-state index in [0.717, 1.165) is 5.56 Å². The van der Waals surface area contributed by atoms with Gasteiger partial charge in [-0.3, -0.25) is 0 Å². The van der Waals surface area contributed by atoms with Gasteiger partial charge in [0.15, 0.2) is 12.5 Å². The van der Waals surface area contributed by atoms with Gasteiger partial charge in [0.05, 0.1) is 32.5 Å². The van der Waals surface area contributed by atoms with E-state index in [2.05, 4.69) is 31.3 Å². The second-order valence-electron chi connectivity index (χ2n) is 7.73. The molecule has 0 radical (unpaired) electrons. The predicted octanol–water partition coefficient (Wildman–Crippen LogP) is 2.92. The Morgan fingerprint density at radius 1 is 1.13 bits per heavy atom. The van der Waals surface area contributed by atoms with Crippen LogP contribution in [0.5, 0.6) is 0 Å². The van der Waals surface area contributed by atoms with Crippen molar-refractivity contribution in [2.45, 2.75) is 51.6 Å². The molecule has 2 N–H and O–H groups in total. The first-order chi connectivity index (χ1) is 14.6. The fraction of sp³-hybridized carbons (Fsp3) is 0.565. The lowest BCUT2D eigenvalue weighted by atomic mass is 9.84. The van der Waals surface area contributed by atoms with Gasteiger partial charge in [-0.25, -0.2) is 0 Å². The second kappa shape index (κ2) is 10.8. The molecule has 1 aromatic rings. The maximum Gasteiger partial charge on any atom is 0.303 e. The molecule has 7 heteroatoms. The SMILES string of the molecule is COC1=C(CO)NC(/C=C/C[C@H]2O[C@H](OC)[C@H](C)[C@@H](OCc3ccccc3)[C@H]2C)O1. The van der Waals surface area contributed by atoms with Crippen LogP contribution in [0.1, 0.15) is 25.8 Å². The van der Waals surface area contributed by atoms with Crippen LogP contribution in [-0.4, -0.2) is 50.7 Å². The van der Waals surface area contributed by atoms with Crippen molar-refractivity contribution < 1.29 is 28.8 Å². The molecule has 1 saturated heterocycles. The smallest absolute Gasteiger partial charge is 0.303 e. The van der Waals surface area contributed by atoms with E-state index in [0.29, 0.717) is 24.7 Å².